The van der Waals surface area contributed by atoms with Gasteiger partial charge in [0.05, 0.1) is 23.7 Å². The third kappa shape index (κ3) is 4.03. The molecule has 0 atom stereocenters. The lowest BCUT2D eigenvalue weighted by molar-refractivity contribution is 0.415. The van der Waals surface area contributed by atoms with Crippen molar-refractivity contribution in [2.45, 2.75) is 12.8 Å². The van der Waals surface area contributed by atoms with Gasteiger partial charge in [-0.3, -0.25) is 0 Å². The molecule has 0 bridgehead atoms. The van der Waals surface area contributed by atoms with Crippen LogP contribution in [0.4, 0.5) is 0 Å². The number of hydrogen-bond donors (Lipinski definition) is 0. The summed E-state index contributed by atoms with van der Waals surface area (Å²) in [5.74, 6) is 1.64. The molecule has 6 nitrogen and oxygen atoms in total. The van der Waals surface area contributed by atoms with Gasteiger partial charge in [0.2, 0.25) is 11.8 Å². The minimum absolute atomic E-state index is 0.444. The fourth-order valence-corrected chi connectivity index (χ4v) is 6.86. The summed E-state index contributed by atoms with van der Waals surface area (Å²) in [4.78, 5) is 0. The van der Waals surface area contributed by atoms with Crippen LogP contribution in [0.25, 0.3) is 73.1 Å². The summed E-state index contributed by atoms with van der Waals surface area (Å²) in [5, 5.41) is 12.7. The van der Waals surface area contributed by atoms with E-state index >= 15 is 0 Å². The minimum atomic E-state index is 0.444. The van der Waals surface area contributed by atoms with Crippen LogP contribution in [0.2, 0.25) is 0 Å². The van der Waals surface area contributed by atoms with Gasteiger partial charge in [-0.15, -0.1) is 10.2 Å². The lowest BCUT2D eigenvalue weighted by Crippen LogP contribution is -2.03. The van der Waals surface area contributed by atoms with Crippen LogP contribution >= 0.6 is 0 Å². The van der Waals surface area contributed by atoms with Crippen LogP contribution in [0.15, 0.2) is 126 Å². The molecule has 9 rings (SSSR count). The Labute approximate surface area is 259 Å². The van der Waals surface area contributed by atoms with E-state index < -0.39 is 0 Å². The number of allylic oxidation sites excluding steroid dienone is 1. The fourth-order valence-electron chi connectivity index (χ4n) is 6.86. The van der Waals surface area contributed by atoms with E-state index in [1.54, 1.807) is 7.11 Å². The normalized spacial score (nSPS) is 12.7. The molecule has 5 aromatic carbocycles. The number of aryl methyl sites for hydroxylation is 1. The second kappa shape index (κ2) is 10.1. The van der Waals surface area contributed by atoms with E-state index in [-0.39, 0.29) is 0 Å². The van der Waals surface area contributed by atoms with Gasteiger partial charge in [-0.2, -0.15) is 0 Å². The number of para-hydroxylation sites is 3. The molecule has 0 amide bonds. The van der Waals surface area contributed by atoms with Crippen LogP contribution in [0.1, 0.15) is 17.7 Å². The number of aromatic nitrogens is 4. The number of ether oxygens (including phenoxy) is 1. The van der Waals surface area contributed by atoms with Gasteiger partial charge in [0.25, 0.3) is 0 Å². The third-order valence-electron chi connectivity index (χ3n) is 8.84. The summed E-state index contributed by atoms with van der Waals surface area (Å²) < 4.78 is 16.5. The lowest BCUT2D eigenvalue weighted by atomic mass is 10.0. The Kier molecular flexibility index (Phi) is 5.75. The monoisotopic (exact) mass is 584 g/mol. The smallest absolute Gasteiger partial charge is 0.248 e. The first-order chi connectivity index (χ1) is 22.3. The molecule has 0 radical (unpaired) electrons. The predicted octanol–water partition coefficient (Wildman–Crippen LogP) is 9.41. The van der Waals surface area contributed by atoms with E-state index in [0.717, 1.165) is 52.1 Å². The van der Waals surface area contributed by atoms with Crippen molar-refractivity contribution in [3.63, 3.8) is 0 Å². The van der Waals surface area contributed by atoms with Crippen molar-refractivity contribution >= 4 is 38.8 Å². The van der Waals surface area contributed by atoms with Crippen LogP contribution in [0.3, 0.4) is 0 Å². The van der Waals surface area contributed by atoms with Crippen molar-refractivity contribution in [2.75, 3.05) is 7.11 Å². The summed E-state index contributed by atoms with van der Waals surface area (Å²) in [5.41, 5.74) is 9.78. The molecular formula is C39H28N4O2. The molecular weight excluding hydrogens is 556 g/mol. The second-order valence-electron chi connectivity index (χ2n) is 11.4. The van der Waals surface area contributed by atoms with Crippen molar-refractivity contribution in [3.05, 3.63) is 133 Å². The maximum absolute atomic E-state index is 6.36. The van der Waals surface area contributed by atoms with Gasteiger partial charge < -0.3 is 18.3 Å². The first kappa shape index (κ1) is 25.6. The largest absolute Gasteiger partial charge is 0.497 e. The molecule has 3 heterocycles. The second-order valence-corrected chi connectivity index (χ2v) is 11.4. The average Bonchev–Trinajstić information content (AvgIpc) is 3.81. The van der Waals surface area contributed by atoms with E-state index in [1.165, 1.54) is 32.9 Å². The molecule has 0 spiro atoms. The Hall–Kier alpha value is -5.88. The van der Waals surface area contributed by atoms with Gasteiger partial charge in [-0.25, -0.2) is 0 Å². The van der Waals surface area contributed by atoms with E-state index in [1.807, 2.05) is 24.3 Å². The third-order valence-corrected chi connectivity index (χ3v) is 8.84. The molecule has 0 fully saturated rings. The fraction of sp³-hybridized carbons (Fsp3) is 0.0769. The number of rotatable bonds is 5. The number of nitrogens with zero attached hydrogens (tertiary/aromatic N) is 4. The van der Waals surface area contributed by atoms with Crippen LogP contribution < -0.4 is 4.74 Å². The summed E-state index contributed by atoms with van der Waals surface area (Å²) >= 11 is 0. The molecule has 8 aromatic rings. The average molecular weight is 585 g/mol. The molecule has 45 heavy (non-hydrogen) atoms. The SMILES string of the molecule is COc1cccc(-c2nnc(-c3cc(-n4c5c(c6ccccc64)CCC=C5)cc(-n4c5ccccc5c5ccccc54)c3)o2)c1. The zero-order valence-corrected chi connectivity index (χ0v) is 24.6. The molecule has 6 heteroatoms. The molecule has 0 N–H and O–H groups in total. The van der Waals surface area contributed by atoms with Gasteiger partial charge in [-0.1, -0.05) is 66.7 Å². The van der Waals surface area contributed by atoms with Crippen molar-refractivity contribution in [3.8, 4) is 40.0 Å². The Morgan fingerprint density at radius 1 is 0.622 bits per heavy atom. The maximum Gasteiger partial charge on any atom is 0.248 e. The molecule has 0 unspecified atom stereocenters. The first-order valence-electron chi connectivity index (χ1n) is 15.2. The summed E-state index contributed by atoms with van der Waals surface area (Å²) in [6.45, 7) is 0. The van der Waals surface area contributed by atoms with Gasteiger partial charge in [0.15, 0.2) is 0 Å². The number of hydrogen-bond acceptors (Lipinski definition) is 4. The maximum atomic E-state index is 6.36. The Bertz CT molecular complexity index is 2390. The van der Waals surface area contributed by atoms with Crippen molar-refractivity contribution in [1.29, 1.82) is 0 Å². The molecule has 0 saturated heterocycles. The van der Waals surface area contributed by atoms with Gasteiger partial charge in [0.1, 0.15) is 5.75 Å². The van der Waals surface area contributed by atoms with Crippen molar-refractivity contribution < 1.29 is 9.15 Å². The highest BCUT2D eigenvalue weighted by atomic mass is 16.5. The van der Waals surface area contributed by atoms with Crippen LogP contribution in [-0.4, -0.2) is 26.4 Å². The van der Waals surface area contributed by atoms with Crippen molar-refractivity contribution in [2.24, 2.45) is 0 Å². The van der Waals surface area contributed by atoms with Gasteiger partial charge in [0, 0.05) is 44.4 Å². The summed E-state index contributed by atoms with van der Waals surface area (Å²) in [7, 11) is 1.65. The Morgan fingerprint density at radius 3 is 1.96 bits per heavy atom. The molecule has 1 aliphatic carbocycles. The quantitative estimate of drug-likeness (QED) is 0.202. The molecule has 3 aromatic heterocycles. The van der Waals surface area contributed by atoms with Gasteiger partial charge >= 0.3 is 0 Å². The first-order valence-corrected chi connectivity index (χ1v) is 15.2. The van der Waals surface area contributed by atoms with E-state index in [9.17, 15) is 0 Å². The predicted molar refractivity (Wildman–Crippen MR) is 180 cm³/mol. The molecule has 1 aliphatic rings. The van der Waals surface area contributed by atoms with Crippen LogP contribution in [0, 0.1) is 0 Å². The topological polar surface area (TPSA) is 58.0 Å². The highest BCUT2D eigenvalue weighted by Crippen LogP contribution is 2.38. The minimum Gasteiger partial charge on any atom is -0.497 e. The van der Waals surface area contributed by atoms with E-state index in [2.05, 4.69) is 122 Å². The van der Waals surface area contributed by atoms with Crippen LogP contribution in [0.5, 0.6) is 5.75 Å². The number of benzene rings is 5. The Morgan fingerprint density at radius 2 is 1.24 bits per heavy atom. The molecule has 0 saturated carbocycles. The number of fused-ring (bicyclic) bond motifs is 6. The lowest BCUT2D eigenvalue weighted by Gasteiger charge is -2.16. The standard InChI is InChI=1S/C39H28N4O2/c1-44-29-12-10-11-25(23-29)38-40-41-39(45-38)26-21-27(42-34-17-6-2-13-30(34)31-14-3-7-18-35(31)42)24-28(22-26)43-36-19-8-4-15-32(36)33-16-5-9-20-37(33)43/h2-4,6-15,17-24H,5,16H2,1H3. The Balaban J connectivity index is 1.32. The summed E-state index contributed by atoms with van der Waals surface area (Å²) in [6.07, 6.45) is 6.60. The van der Waals surface area contributed by atoms with Crippen LogP contribution in [-0.2, 0) is 6.42 Å². The zero-order chi connectivity index (χ0) is 29.9. The van der Waals surface area contributed by atoms with E-state index in [0.29, 0.717) is 11.8 Å². The summed E-state index contributed by atoms with van der Waals surface area (Å²) in [6, 6.07) is 40.1. The van der Waals surface area contributed by atoms with Crippen molar-refractivity contribution in [1.82, 2.24) is 19.3 Å². The van der Waals surface area contributed by atoms with E-state index in [4.69, 9.17) is 9.15 Å². The number of methoxy groups -OCH3 is 1. The molecule has 216 valence electrons. The molecule has 0 aliphatic heterocycles. The van der Waals surface area contributed by atoms with Gasteiger partial charge in [-0.05, 0) is 79.1 Å². The highest BCUT2D eigenvalue weighted by Gasteiger charge is 2.21. The highest BCUT2D eigenvalue weighted by molar-refractivity contribution is 6.09. The zero-order valence-electron chi connectivity index (χ0n) is 24.6.